The topological polar surface area (TPSA) is 64.7 Å². The van der Waals surface area contributed by atoms with Crippen molar-refractivity contribution in [2.45, 2.75) is 12.1 Å². The molecule has 0 unspecified atom stereocenters. The van der Waals surface area contributed by atoms with Gasteiger partial charge >= 0.3 is 0 Å². The van der Waals surface area contributed by atoms with E-state index < -0.39 is 0 Å². The zero-order chi connectivity index (χ0) is 12.4. The fraction of sp³-hybridized carbons (Fsp3) is 0.182. The first-order valence-corrected chi connectivity index (χ1v) is 6.14. The fourth-order valence-corrected chi connectivity index (χ4v) is 1.74. The Morgan fingerprint density at radius 1 is 1.24 bits per heavy atom. The maximum absolute atomic E-state index is 13.2. The third kappa shape index (κ3) is 2.52. The second-order valence-electron chi connectivity index (χ2n) is 3.47. The first-order valence-electron chi connectivity index (χ1n) is 4.92. The number of hydrogen-bond acceptors (Lipinski definition) is 5. The molecule has 4 nitrogen and oxygen atoms in total. The highest BCUT2D eigenvalue weighted by molar-refractivity contribution is 7.98. The first kappa shape index (κ1) is 11.8. The molecule has 0 bridgehead atoms. The van der Waals surface area contributed by atoms with E-state index in [1.807, 2.05) is 6.26 Å². The van der Waals surface area contributed by atoms with Gasteiger partial charge in [-0.15, -0.1) is 0 Å². The predicted molar refractivity (Wildman–Crippen MR) is 66.2 cm³/mol. The van der Waals surface area contributed by atoms with Gasteiger partial charge in [-0.05, 0) is 36.9 Å². The minimum absolute atomic E-state index is 0.168. The Kier molecular flexibility index (Phi) is 3.23. The van der Waals surface area contributed by atoms with Gasteiger partial charge in [0.05, 0.1) is 0 Å². The molecule has 1 aromatic carbocycles. The molecule has 0 fully saturated rings. The molecule has 6 heteroatoms. The highest BCUT2D eigenvalue weighted by Crippen LogP contribution is 2.20. The van der Waals surface area contributed by atoms with Crippen LogP contribution in [0.5, 0.6) is 0 Å². The van der Waals surface area contributed by atoms with Gasteiger partial charge in [-0.3, -0.25) is 0 Å². The quantitative estimate of drug-likeness (QED) is 0.828. The summed E-state index contributed by atoms with van der Waals surface area (Å²) in [5, 5.41) is 0.550. The van der Waals surface area contributed by atoms with Crippen LogP contribution in [0.1, 0.15) is 5.56 Å². The van der Waals surface area contributed by atoms with Crippen LogP contribution in [0, 0.1) is 12.7 Å². The molecular formula is C11H11FN4S. The molecule has 0 aliphatic rings. The van der Waals surface area contributed by atoms with E-state index in [0.29, 0.717) is 16.5 Å². The highest BCUT2D eigenvalue weighted by atomic mass is 32.2. The van der Waals surface area contributed by atoms with Crippen LogP contribution in [-0.2, 0) is 0 Å². The van der Waals surface area contributed by atoms with Crippen molar-refractivity contribution in [1.82, 2.24) is 15.0 Å². The monoisotopic (exact) mass is 250 g/mol. The number of halogens is 1. The molecule has 0 atom stereocenters. The number of anilines is 1. The lowest BCUT2D eigenvalue weighted by molar-refractivity contribution is 0.618. The van der Waals surface area contributed by atoms with E-state index in [-0.39, 0.29) is 11.8 Å². The van der Waals surface area contributed by atoms with Crippen LogP contribution < -0.4 is 5.73 Å². The van der Waals surface area contributed by atoms with Gasteiger partial charge in [0.25, 0.3) is 0 Å². The maximum atomic E-state index is 13.2. The van der Waals surface area contributed by atoms with Crippen molar-refractivity contribution in [2.75, 3.05) is 12.0 Å². The van der Waals surface area contributed by atoms with Gasteiger partial charge in [0, 0.05) is 5.56 Å². The Balaban J connectivity index is 2.52. The molecule has 0 saturated heterocycles. The van der Waals surface area contributed by atoms with Crippen molar-refractivity contribution in [3.8, 4) is 11.4 Å². The third-order valence-corrected chi connectivity index (χ3v) is 2.78. The number of aromatic nitrogens is 3. The molecule has 88 valence electrons. The number of hydrogen-bond donors (Lipinski definition) is 1. The normalized spacial score (nSPS) is 10.5. The van der Waals surface area contributed by atoms with E-state index in [1.54, 1.807) is 19.1 Å². The van der Waals surface area contributed by atoms with Crippen molar-refractivity contribution < 1.29 is 4.39 Å². The standard InChI is InChI=1S/C11H11FN4S/c1-6-5-7(3-4-8(6)12)9-14-10(13)16-11(15-9)17-2/h3-5H,1-2H3,(H2,13,14,15,16). The summed E-state index contributed by atoms with van der Waals surface area (Å²) in [5.74, 6) is 0.382. The summed E-state index contributed by atoms with van der Waals surface area (Å²) >= 11 is 1.38. The lowest BCUT2D eigenvalue weighted by Crippen LogP contribution is -2.01. The number of thioether (sulfide) groups is 1. The Morgan fingerprint density at radius 2 is 2.00 bits per heavy atom. The van der Waals surface area contributed by atoms with Crippen LogP contribution in [0.4, 0.5) is 10.3 Å². The number of aryl methyl sites for hydroxylation is 1. The molecule has 1 heterocycles. The molecule has 0 amide bonds. The molecule has 2 rings (SSSR count). The van der Waals surface area contributed by atoms with E-state index >= 15 is 0 Å². The summed E-state index contributed by atoms with van der Waals surface area (Å²) in [4.78, 5) is 12.2. The molecule has 0 saturated carbocycles. The average molecular weight is 250 g/mol. The Morgan fingerprint density at radius 3 is 2.65 bits per heavy atom. The van der Waals surface area contributed by atoms with Crippen molar-refractivity contribution in [3.05, 3.63) is 29.6 Å². The van der Waals surface area contributed by atoms with Gasteiger partial charge < -0.3 is 5.73 Å². The van der Waals surface area contributed by atoms with Gasteiger partial charge in [0.1, 0.15) is 5.82 Å². The largest absolute Gasteiger partial charge is 0.368 e. The molecule has 2 N–H and O–H groups in total. The Bertz CT molecular complexity index is 559. The Hall–Kier alpha value is -1.69. The molecule has 17 heavy (non-hydrogen) atoms. The van der Waals surface area contributed by atoms with Crippen molar-refractivity contribution >= 4 is 17.7 Å². The number of nitrogen functional groups attached to an aromatic ring is 1. The molecule has 1 aromatic heterocycles. The van der Waals surface area contributed by atoms with Gasteiger partial charge in [0.2, 0.25) is 5.95 Å². The van der Waals surface area contributed by atoms with Crippen molar-refractivity contribution in [1.29, 1.82) is 0 Å². The van der Waals surface area contributed by atoms with E-state index in [4.69, 9.17) is 5.73 Å². The van der Waals surface area contributed by atoms with E-state index in [2.05, 4.69) is 15.0 Å². The van der Waals surface area contributed by atoms with Gasteiger partial charge in [-0.25, -0.2) is 9.37 Å². The van der Waals surface area contributed by atoms with Gasteiger partial charge in [-0.1, -0.05) is 11.8 Å². The second kappa shape index (κ2) is 4.67. The third-order valence-electron chi connectivity index (χ3n) is 2.23. The van der Waals surface area contributed by atoms with E-state index in [0.717, 1.165) is 5.56 Å². The van der Waals surface area contributed by atoms with Crippen molar-refractivity contribution in [3.63, 3.8) is 0 Å². The summed E-state index contributed by atoms with van der Waals surface area (Å²) in [6, 6.07) is 4.71. The Labute approximate surface area is 103 Å². The molecule has 0 aliphatic heterocycles. The maximum Gasteiger partial charge on any atom is 0.224 e. The van der Waals surface area contributed by atoms with Crippen LogP contribution in [0.3, 0.4) is 0 Å². The SMILES string of the molecule is CSc1nc(N)nc(-c2ccc(F)c(C)c2)n1. The minimum Gasteiger partial charge on any atom is -0.368 e. The van der Waals surface area contributed by atoms with Crippen LogP contribution in [0.15, 0.2) is 23.4 Å². The van der Waals surface area contributed by atoms with Crippen molar-refractivity contribution in [2.24, 2.45) is 0 Å². The predicted octanol–water partition coefficient (Wildman–Crippen LogP) is 2.29. The number of nitrogens with two attached hydrogens (primary N) is 1. The molecule has 0 spiro atoms. The first-order chi connectivity index (χ1) is 8.10. The summed E-state index contributed by atoms with van der Waals surface area (Å²) < 4.78 is 13.2. The average Bonchev–Trinajstić information content (AvgIpc) is 2.32. The highest BCUT2D eigenvalue weighted by Gasteiger charge is 2.07. The van der Waals surface area contributed by atoms with Crippen LogP contribution in [0.2, 0.25) is 0 Å². The van der Waals surface area contributed by atoms with Crippen LogP contribution in [-0.4, -0.2) is 21.2 Å². The lowest BCUT2D eigenvalue weighted by atomic mass is 10.1. The van der Waals surface area contributed by atoms with Gasteiger partial charge in [0.15, 0.2) is 11.0 Å². The van der Waals surface area contributed by atoms with E-state index in [1.165, 1.54) is 17.8 Å². The second-order valence-corrected chi connectivity index (χ2v) is 4.24. The number of rotatable bonds is 2. The summed E-state index contributed by atoms with van der Waals surface area (Å²) in [5.41, 5.74) is 6.87. The van der Waals surface area contributed by atoms with Crippen LogP contribution >= 0.6 is 11.8 Å². The molecule has 2 aromatic rings. The summed E-state index contributed by atoms with van der Waals surface area (Å²) in [6.07, 6.45) is 1.86. The fourth-order valence-electron chi connectivity index (χ4n) is 1.38. The summed E-state index contributed by atoms with van der Waals surface area (Å²) in [6.45, 7) is 1.69. The lowest BCUT2D eigenvalue weighted by Gasteiger charge is -2.04. The number of nitrogens with zero attached hydrogens (tertiary/aromatic N) is 3. The molecule has 0 radical (unpaired) electrons. The zero-order valence-electron chi connectivity index (χ0n) is 9.44. The zero-order valence-corrected chi connectivity index (χ0v) is 10.3. The summed E-state index contributed by atoms with van der Waals surface area (Å²) in [7, 11) is 0. The minimum atomic E-state index is -0.249. The molecular weight excluding hydrogens is 239 g/mol. The smallest absolute Gasteiger partial charge is 0.224 e. The number of benzene rings is 1. The van der Waals surface area contributed by atoms with Gasteiger partial charge in [-0.2, -0.15) is 9.97 Å². The van der Waals surface area contributed by atoms with Crippen LogP contribution in [0.25, 0.3) is 11.4 Å². The molecule has 0 aliphatic carbocycles. The van der Waals surface area contributed by atoms with E-state index in [9.17, 15) is 4.39 Å².